The number of halogens is 2. The second kappa shape index (κ2) is 6.03. The highest BCUT2D eigenvalue weighted by Gasteiger charge is 2.10. The highest BCUT2D eigenvalue weighted by Crippen LogP contribution is 2.17. The molecule has 0 saturated carbocycles. The van der Waals surface area contributed by atoms with Crippen LogP contribution in [0.15, 0.2) is 48.5 Å². The predicted molar refractivity (Wildman–Crippen MR) is 80.4 cm³/mol. The molecular formula is C15H15ClFN3. The fourth-order valence-corrected chi connectivity index (χ4v) is 2.14. The lowest BCUT2D eigenvalue weighted by atomic mass is 10.0. The van der Waals surface area contributed by atoms with Gasteiger partial charge in [0.1, 0.15) is 11.6 Å². The summed E-state index contributed by atoms with van der Waals surface area (Å²) in [4.78, 5) is 7.73. The van der Waals surface area contributed by atoms with Crippen LogP contribution < -0.4 is 5.73 Å². The predicted octanol–water partition coefficient (Wildman–Crippen LogP) is 3.37. The second-order valence-corrected chi connectivity index (χ2v) is 4.56. The van der Waals surface area contributed by atoms with Gasteiger partial charge in [0.25, 0.3) is 0 Å². The van der Waals surface area contributed by atoms with Crippen molar-refractivity contribution >= 4 is 23.4 Å². The number of fused-ring (bicyclic) bond motifs is 1. The van der Waals surface area contributed by atoms with Crippen molar-refractivity contribution in [2.45, 2.75) is 12.5 Å². The van der Waals surface area contributed by atoms with Crippen molar-refractivity contribution in [3.8, 4) is 0 Å². The van der Waals surface area contributed by atoms with Gasteiger partial charge in [0.2, 0.25) is 0 Å². The van der Waals surface area contributed by atoms with Gasteiger partial charge >= 0.3 is 0 Å². The molecule has 0 aliphatic heterocycles. The Morgan fingerprint density at radius 2 is 1.80 bits per heavy atom. The molecule has 1 aromatic heterocycles. The second-order valence-electron chi connectivity index (χ2n) is 4.56. The average molecular weight is 292 g/mol. The van der Waals surface area contributed by atoms with Gasteiger partial charge in [-0.25, -0.2) is 9.37 Å². The van der Waals surface area contributed by atoms with Crippen LogP contribution in [0.2, 0.25) is 0 Å². The summed E-state index contributed by atoms with van der Waals surface area (Å²) in [6.45, 7) is 0. The third kappa shape index (κ3) is 2.98. The van der Waals surface area contributed by atoms with E-state index in [1.807, 2.05) is 24.3 Å². The molecule has 0 aliphatic carbocycles. The van der Waals surface area contributed by atoms with Gasteiger partial charge < -0.3 is 10.7 Å². The Morgan fingerprint density at radius 1 is 1.10 bits per heavy atom. The molecule has 3 nitrogen and oxygen atoms in total. The Balaban J connectivity index is 0.00000147. The first-order valence-electron chi connectivity index (χ1n) is 6.17. The minimum absolute atomic E-state index is 0. The standard InChI is InChI=1S/C15H14FN3.ClH/c16-11-7-5-10(6-8-11)12(17)9-15-18-13-3-1-2-4-14(13)19-15;/h1-8,12H,9,17H2,(H,18,19);1H. The Morgan fingerprint density at radius 3 is 2.50 bits per heavy atom. The Kier molecular flexibility index (Phi) is 4.37. The zero-order chi connectivity index (χ0) is 13.2. The summed E-state index contributed by atoms with van der Waals surface area (Å²) in [7, 11) is 0. The van der Waals surface area contributed by atoms with E-state index < -0.39 is 0 Å². The lowest BCUT2D eigenvalue weighted by Crippen LogP contribution is -2.14. The molecule has 3 N–H and O–H groups in total. The number of aromatic nitrogens is 2. The highest BCUT2D eigenvalue weighted by atomic mass is 35.5. The van der Waals surface area contributed by atoms with Crippen LogP contribution in [-0.4, -0.2) is 9.97 Å². The Bertz CT molecular complexity index is 661. The summed E-state index contributed by atoms with van der Waals surface area (Å²) in [5.74, 6) is 0.595. The molecule has 0 fully saturated rings. The van der Waals surface area contributed by atoms with E-state index in [-0.39, 0.29) is 24.3 Å². The number of H-pyrrole nitrogens is 1. The van der Waals surface area contributed by atoms with Gasteiger partial charge in [0.15, 0.2) is 0 Å². The first kappa shape index (κ1) is 14.5. The number of nitrogens with zero attached hydrogens (tertiary/aromatic N) is 1. The van der Waals surface area contributed by atoms with Crippen molar-refractivity contribution in [3.63, 3.8) is 0 Å². The third-order valence-electron chi connectivity index (χ3n) is 3.15. The molecule has 0 saturated heterocycles. The smallest absolute Gasteiger partial charge is 0.123 e. The molecule has 104 valence electrons. The average Bonchev–Trinajstić information content (AvgIpc) is 2.81. The fraction of sp³-hybridized carbons (Fsp3) is 0.133. The van der Waals surface area contributed by atoms with Crippen LogP contribution in [0.4, 0.5) is 4.39 Å². The topological polar surface area (TPSA) is 54.7 Å². The van der Waals surface area contributed by atoms with Gasteiger partial charge in [-0.1, -0.05) is 24.3 Å². The maximum atomic E-state index is 12.9. The maximum Gasteiger partial charge on any atom is 0.123 e. The van der Waals surface area contributed by atoms with E-state index >= 15 is 0 Å². The summed E-state index contributed by atoms with van der Waals surface area (Å²) in [6.07, 6.45) is 0.598. The molecule has 0 aliphatic rings. The van der Waals surface area contributed by atoms with Crippen molar-refractivity contribution in [2.24, 2.45) is 5.73 Å². The van der Waals surface area contributed by atoms with E-state index in [2.05, 4.69) is 9.97 Å². The van der Waals surface area contributed by atoms with E-state index in [1.54, 1.807) is 12.1 Å². The molecule has 0 bridgehead atoms. The van der Waals surface area contributed by atoms with Crippen molar-refractivity contribution in [1.29, 1.82) is 0 Å². The zero-order valence-electron chi connectivity index (χ0n) is 10.7. The van der Waals surface area contributed by atoms with Gasteiger partial charge in [-0.15, -0.1) is 12.4 Å². The molecule has 0 radical (unpaired) electrons. The first-order chi connectivity index (χ1) is 9.22. The van der Waals surface area contributed by atoms with Gasteiger partial charge in [0.05, 0.1) is 11.0 Å². The molecule has 1 unspecified atom stereocenters. The monoisotopic (exact) mass is 291 g/mol. The number of rotatable bonds is 3. The SMILES string of the molecule is Cl.NC(Cc1nc2ccccc2[nH]1)c1ccc(F)cc1. The zero-order valence-corrected chi connectivity index (χ0v) is 11.5. The Labute approximate surface area is 122 Å². The number of nitrogens with two attached hydrogens (primary N) is 1. The molecule has 1 atom stereocenters. The summed E-state index contributed by atoms with van der Waals surface area (Å²) >= 11 is 0. The largest absolute Gasteiger partial charge is 0.342 e. The lowest BCUT2D eigenvalue weighted by molar-refractivity contribution is 0.623. The third-order valence-corrected chi connectivity index (χ3v) is 3.15. The van der Waals surface area contributed by atoms with Crippen molar-refractivity contribution in [1.82, 2.24) is 9.97 Å². The normalized spacial score (nSPS) is 12.1. The minimum atomic E-state index is -0.250. The van der Waals surface area contributed by atoms with Crippen molar-refractivity contribution in [2.75, 3.05) is 0 Å². The number of hydrogen-bond donors (Lipinski definition) is 2. The van der Waals surface area contributed by atoms with Crippen LogP contribution in [0.5, 0.6) is 0 Å². The molecule has 0 amide bonds. The molecule has 5 heteroatoms. The minimum Gasteiger partial charge on any atom is -0.342 e. The van der Waals surface area contributed by atoms with Crippen LogP contribution in [0.25, 0.3) is 11.0 Å². The van der Waals surface area contributed by atoms with Crippen molar-refractivity contribution in [3.05, 3.63) is 65.7 Å². The van der Waals surface area contributed by atoms with E-state index in [9.17, 15) is 4.39 Å². The highest BCUT2D eigenvalue weighted by molar-refractivity contribution is 5.85. The molecule has 2 aromatic carbocycles. The quantitative estimate of drug-likeness (QED) is 0.777. The van der Waals surface area contributed by atoms with Gasteiger partial charge in [-0.05, 0) is 29.8 Å². The lowest BCUT2D eigenvalue weighted by Gasteiger charge is -2.09. The number of benzene rings is 2. The van der Waals surface area contributed by atoms with Crippen LogP contribution in [0.3, 0.4) is 0 Å². The summed E-state index contributed by atoms with van der Waals surface area (Å²) < 4.78 is 12.9. The molecule has 20 heavy (non-hydrogen) atoms. The number of aromatic amines is 1. The van der Waals surface area contributed by atoms with Gasteiger partial charge in [0, 0.05) is 12.5 Å². The van der Waals surface area contributed by atoms with Gasteiger partial charge in [-0.2, -0.15) is 0 Å². The van der Waals surface area contributed by atoms with Crippen LogP contribution >= 0.6 is 12.4 Å². The van der Waals surface area contributed by atoms with Crippen LogP contribution in [0, 0.1) is 5.82 Å². The number of imidazole rings is 1. The van der Waals surface area contributed by atoms with Crippen molar-refractivity contribution < 1.29 is 4.39 Å². The first-order valence-corrected chi connectivity index (χ1v) is 6.17. The molecule has 3 rings (SSSR count). The molecule has 0 spiro atoms. The fourth-order valence-electron chi connectivity index (χ4n) is 2.14. The Hall–Kier alpha value is -1.91. The van der Waals surface area contributed by atoms with E-state index in [0.29, 0.717) is 6.42 Å². The van der Waals surface area contributed by atoms with E-state index in [0.717, 1.165) is 22.4 Å². The van der Waals surface area contributed by atoms with Crippen LogP contribution in [-0.2, 0) is 6.42 Å². The van der Waals surface area contributed by atoms with Gasteiger partial charge in [-0.3, -0.25) is 0 Å². The molecular weight excluding hydrogens is 277 g/mol. The molecule has 3 aromatic rings. The summed E-state index contributed by atoms with van der Waals surface area (Å²) in [6, 6.07) is 13.9. The number of para-hydroxylation sites is 2. The number of hydrogen-bond acceptors (Lipinski definition) is 2. The number of nitrogens with one attached hydrogen (secondary N) is 1. The van der Waals surface area contributed by atoms with Crippen LogP contribution in [0.1, 0.15) is 17.4 Å². The summed E-state index contributed by atoms with van der Waals surface area (Å²) in [5, 5.41) is 0. The van der Waals surface area contributed by atoms with E-state index in [1.165, 1.54) is 12.1 Å². The summed E-state index contributed by atoms with van der Waals surface area (Å²) in [5.41, 5.74) is 8.96. The maximum absolute atomic E-state index is 12.9. The van der Waals surface area contributed by atoms with E-state index in [4.69, 9.17) is 5.73 Å². The molecule has 1 heterocycles.